The molecule has 1 aromatic heterocycles. The van der Waals surface area contributed by atoms with E-state index in [1.807, 2.05) is 42.5 Å². The van der Waals surface area contributed by atoms with E-state index in [1.165, 1.54) is 16.0 Å². The number of amides is 2. The Kier molecular flexibility index (Phi) is 9.35. The normalized spacial score (nSPS) is 21.2. The van der Waals surface area contributed by atoms with Crippen molar-refractivity contribution in [2.24, 2.45) is 5.41 Å². The van der Waals surface area contributed by atoms with Crippen LogP contribution in [0.5, 0.6) is 5.75 Å². The lowest BCUT2D eigenvalue weighted by Gasteiger charge is -2.42. The summed E-state index contributed by atoms with van der Waals surface area (Å²) in [6.07, 6.45) is 7.73. The second-order valence-electron chi connectivity index (χ2n) is 15.1. The van der Waals surface area contributed by atoms with Crippen LogP contribution in [0.25, 0.3) is 10.8 Å². The monoisotopic (exact) mass is 719 g/mol. The van der Waals surface area contributed by atoms with Crippen molar-refractivity contribution in [3.8, 4) is 5.75 Å². The first kappa shape index (κ1) is 34.8. The number of hydrogen-bond acceptors (Lipinski definition) is 10. The van der Waals surface area contributed by atoms with E-state index in [0.717, 1.165) is 87.3 Å². The largest absolute Gasteiger partial charge is 0.497 e. The SMILES string of the molecule is COc1ccc(CN2C(=O)CCC(n3ncc4cc(N5CCC6(CC5)CCN(C5CCN(c7ccc([N+](=O)[O-])cc7)CC5)C6)ccc4c3=O)C2=O)cc1. The highest BCUT2D eigenvalue weighted by Gasteiger charge is 2.43. The molecule has 4 aliphatic rings. The van der Waals surface area contributed by atoms with Crippen LogP contribution in [0.1, 0.15) is 56.6 Å². The number of benzene rings is 3. The molecule has 0 radical (unpaired) electrons. The molecule has 13 heteroatoms. The van der Waals surface area contributed by atoms with E-state index in [2.05, 4.69) is 19.8 Å². The number of rotatable bonds is 8. The molecule has 0 saturated carbocycles. The minimum Gasteiger partial charge on any atom is -0.497 e. The number of carbonyl (C=O) groups excluding carboxylic acids is 2. The zero-order valence-electron chi connectivity index (χ0n) is 30.1. The van der Waals surface area contributed by atoms with Crippen molar-refractivity contribution < 1.29 is 19.2 Å². The van der Waals surface area contributed by atoms with Crippen LogP contribution in [0, 0.1) is 15.5 Å². The van der Waals surface area contributed by atoms with Crippen LogP contribution in [0.15, 0.2) is 77.7 Å². The highest BCUT2D eigenvalue weighted by atomic mass is 16.6. The molecule has 4 aromatic rings. The third-order valence-electron chi connectivity index (χ3n) is 12.1. The molecule has 0 aliphatic carbocycles. The molecule has 276 valence electrons. The predicted molar refractivity (Wildman–Crippen MR) is 201 cm³/mol. The van der Waals surface area contributed by atoms with Crippen LogP contribution in [-0.2, 0) is 16.1 Å². The molecule has 0 N–H and O–H groups in total. The van der Waals surface area contributed by atoms with Gasteiger partial charge in [-0.15, -0.1) is 0 Å². The second-order valence-corrected chi connectivity index (χ2v) is 15.1. The molecule has 2 amide bonds. The van der Waals surface area contributed by atoms with E-state index in [4.69, 9.17) is 4.74 Å². The Morgan fingerprint density at radius 1 is 0.849 bits per heavy atom. The van der Waals surface area contributed by atoms with Crippen LogP contribution in [0.3, 0.4) is 0 Å². The predicted octanol–water partition coefficient (Wildman–Crippen LogP) is 5.16. The Balaban J connectivity index is 0.876. The summed E-state index contributed by atoms with van der Waals surface area (Å²) in [6, 6.07) is 19.8. The maximum atomic E-state index is 13.7. The number of piperidine rings is 3. The van der Waals surface area contributed by atoms with E-state index in [0.29, 0.717) is 22.6 Å². The molecular weight excluding hydrogens is 674 g/mol. The van der Waals surface area contributed by atoms with E-state index < -0.39 is 11.9 Å². The van der Waals surface area contributed by atoms with Gasteiger partial charge in [0, 0.05) is 74.1 Å². The Labute approximate surface area is 307 Å². The molecule has 5 heterocycles. The summed E-state index contributed by atoms with van der Waals surface area (Å²) < 4.78 is 6.47. The summed E-state index contributed by atoms with van der Waals surface area (Å²) in [5.41, 5.74) is 3.06. The van der Waals surface area contributed by atoms with Crippen molar-refractivity contribution in [3.63, 3.8) is 0 Å². The summed E-state index contributed by atoms with van der Waals surface area (Å²) in [7, 11) is 1.58. The van der Waals surface area contributed by atoms with Gasteiger partial charge in [0.2, 0.25) is 5.91 Å². The van der Waals surface area contributed by atoms with Gasteiger partial charge >= 0.3 is 0 Å². The molecule has 13 nitrogen and oxygen atoms in total. The number of nitro groups is 1. The number of nitro benzene ring substituents is 1. The molecule has 53 heavy (non-hydrogen) atoms. The van der Waals surface area contributed by atoms with E-state index >= 15 is 0 Å². The highest BCUT2D eigenvalue weighted by molar-refractivity contribution is 5.99. The van der Waals surface area contributed by atoms with Crippen molar-refractivity contribution in [2.75, 3.05) is 56.2 Å². The number of methoxy groups -OCH3 is 1. The molecule has 1 atom stereocenters. The molecule has 4 aliphatic heterocycles. The number of nitrogens with zero attached hydrogens (tertiary/aromatic N) is 7. The number of ether oxygens (including phenoxy) is 1. The van der Waals surface area contributed by atoms with Gasteiger partial charge in [-0.2, -0.15) is 5.10 Å². The lowest BCUT2D eigenvalue weighted by molar-refractivity contribution is -0.384. The first-order valence-corrected chi connectivity index (χ1v) is 18.7. The van der Waals surface area contributed by atoms with Crippen LogP contribution < -0.4 is 20.1 Å². The standard InChI is InChI=1S/C40H45N7O6/c1-53-34-9-2-28(3-10-34)26-45-37(48)13-12-36(39(45)50)46-38(49)35-11-8-33(24-29(35)25-41-46)43-21-16-40(17-22-43)18-23-44(27-40)31-14-19-42(20-15-31)30-4-6-32(7-5-30)47(51)52/h2-11,24-25,31,36H,12-23,26-27H2,1H3. The molecule has 1 spiro atoms. The van der Waals surface area contributed by atoms with E-state index in [9.17, 15) is 24.5 Å². The Morgan fingerprint density at radius 3 is 2.23 bits per heavy atom. The smallest absolute Gasteiger partial charge is 0.275 e. The maximum absolute atomic E-state index is 13.7. The lowest BCUT2D eigenvalue weighted by Crippen LogP contribution is -2.47. The zero-order chi connectivity index (χ0) is 36.7. The van der Waals surface area contributed by atoms with Crippen LogP contribution in [0.2, 0.25) is 0 Å². The molecule has 4 fully saturated rings. The fourth-order valence-electron chi connectivity index (χ4n) is 8.90. The molecule has 3 aromatic carbocycles. The van der Waals surface area contributed by atoms with E-state index in [1.54, 1.807) is 37.6 Å². The number of likely N-dealkylation sites (tertiary alicyclic amines) is 2. The van der Waals surface area contributed by atoms with Gasteiger partial charge < -0.3 is 14.5 Å². The van der Waals surface area contributed by atoms with Gasteiger partial charge in [-0.3, -0.25) is 34.3 Å². The molecule has 4 saturated heterocycles. The average Bonchev–Trinajstić information content (AvgIpc) is 3.60. The van der Waals surface area contributed by atoms with Gasteiger partial charge in [-0.25, -0.2) is 4.68 Å². The van der Waals surface area contributed by atoms with Crippen LogP contribution in [0.4, 0.5) is 17.1 Å². The summed E-state index contributed by atoms with van der Waals surface area (Å²) in [5, 5.41) is 16.8. The summed E-state index contributed by atoms with van der Waals surface area (Å²) in [6.45, 7) is 6.22. The number of hydrogen-bond donors (Lipinski definition) is 0. The fraction of sp³-hybridized carbons (Fsp3) is 0.450. The summed E-state index contributed by atoms with van der Waals surface area (Å²) in [5.74, 6) is 0.0235. The second kappa shape index (κ2) is 14.3. The Hall–Kier alpha value is -5.30. The van der Waals surface area contributed by atoms with Crippen LogP contribution >= 0.6 is 0 Å². The van der Waals surface area contributed by atoms with Crippen LogP contribution in [-0.4, -0.2) is 88.7 Å². The molecule has 1 unspecified atom stereocenters. The number of aromatic nitrogens is 2. The van der Waals surface area contributed by atoms with Crippen molar-refractivity contribution in [1.29, 1.82) is 0 Å². The van der Waals surface area contributed by atoms with Gasteiger partial charge in [-0.1, -0.05) is 12.1 Å². The van der Waals surface area contributed by atoms with Gasteiger partial charge in [0.25, 0.3) is 17.2 Å². The van der Waals surface area contributed by atoms with Crippen molar-refractivity contribution >= 4 is 39.6 Å². The van der Waals surface area contributed by atoms with E-state index in [-0.39, 0.29) is 41.5 Å². The number of anilines is 2. The zero-order valence-corrected chi connectivity index (χ0v) is 30.1. The first-order valence-electron chi connectivity index (χ1n) is 18.7. The Bertz CT molecular complexity index is 2070. The highest BCUT2D eigenvalue weighted by Crippen LogP contribution is 2.43. The number of non-ortho nitro benzene ring substituents is 1. The topological polar surface area (TPSA) is 134 Å². The van der Waals surface area contributed by atoms with Crippen molar-refractivity contribution in [2.45, 2.75) is 63.6 Å². The third kappa shape index (κ3) is 6.85. The quantitative estimate of drug-likeness (QED) is 0.137. The minimum absolute atomic E-state index is 0.127. The Morgan fingerprint density at radius 2 is 1.53 bits per heavy atom. The maximum Gasteiger partial charge on any atom is 0.275 e. The van der Waals surface area contributed by atoms with Crippen molar-refractivity contribution in [3.05, 3.63) is 99.0 Å². The van der Waals surface area contributed by atoms with Gasteiger partial charge in [-0.05, 0) is 98.5 Å². The molecule has 0 bridgehead atoms. The third-order valence-corrected chi connectivity index (χ3v) is 12.1. The number of fused-ring (bicyclic) bond motifs is 1. The van der Waals surface area contributed by atoms with Gasteiger partial charge in [0.1, 0.15) is 11.8 Å². The molecule has 8 rings (SSSR count). The fourth-order valence-corrected chi connectivity index (χ4v) is 8.90. The lowest BCUT2D eigenvalue weighted by atomic mass is 9.77. The minimum atomic E-state index is -0.839. The summed E-state index contributed by atoms with van der Waals surface area (Å²) in [4.78, 5) is 59.5. The molecular formula is C40H45N7O6. The summed E-state index contributed by atoms with van der Waals surface area (Å²) >= 11 is 0. The van der Waals surface area contributed by atoms with Gasteiger partial charge in [0.15, 0.2) is 0 Å². The first-order chi connectivity index (χ1) is 25.7. The number of imide groups is 1. The average molecular weight is 720 g/mol. The van der Waals surface area contributed by atoms with Gasteiger partial charge in [0.05, 0.1) is 30.2 Å². The van der Waals surface area contributed by atoms with Crippen molar-refractivity contribution in [1.82, 2.24) is 19.6 Å². The number of carbonyl (C=O) groups is 2.